The summed E-state index contributed by atoms with van der Waals surface area (Å²) in [5.74, 6) is 0.876. The minimum Gasteiger partial charge on any atom is -0.393 e. The van der Waals surface area contributed by atoms with Gasteiger partial charge in [0.1, 0.15) is 5.82 Å². The highest BCUT2D eigenvalue weighted by Gasteiger charge is 2.40. The number of aliphatic hydroxyl groups excluding tert-OH is 1. The second-order valence-electron chi connectivity index (χ2n) is 5.55. The summed E-state index contributed by atoms with van der Waals surface area (Å²) in [6.45, 7) is 2.55. The zero-order chi connectivity index (χ0) is 12.7. The van der Waals surface area contributed by atoms with Gasteiger partial charge in [-0.25, -0.2) is 4.39 Å². The van der Waals surface area contributed by atoms with Gasteiger partial charge in [-0.1, -0.05) is 23.7 Å². The fourth-order valence-corrected chi connectivity index (χ4v) is 3.60. The third-order valence-electron chi connectivity index (χ3n) is 4.23. The van der Waals surface area contributed by atoms with Gasteiger partial charge in [-0.3, -0.25) is 4.90 Å². The van der Waals surface area contributed by atoms with E-state index in [4.69, 9.17) is 11.6 Å². The molecule has 98 valence electrons. The molecule has 1 N–H and O–H groups in total. The summed E-state index contributed by atoms with van der Waals surface area (Å²) in [5, 5.41) is 9.79. The molecule has 1 aromatic rings. The molecular formula is C14H17ClFNO. The van der Waals surface area contributed by atoms with Crippen molar-refractivity contribution in [3.05, 3.63) is 34.6 Å². The van der Waals surface area contributed by atoms with Crippen LogP contribution in [0.2, 0.25) is 5.02 Å². The summed E-state index contributed by atoms with van der Waals surface area (Å²) in [7, 11) is 0. The number of rotatable bonds is 2. The monoisotopic (exact) mass is 269 g/mol. The predicted octanol–water partition coefficient (Wildman–Crippen LogP) is 2.68. The molecule has 4 heteroatoms. The fraction of sp³-hybridized carbons (Fsp3) is 0.571. The van der Waals surface area contributed by atoms with E-state index in [1.165, 1.54) is 0 Å². The lowest BCUT2D eigenvalue weighted by molar-refractivity contribution is 0.161. The minimum atomic E-state index is -0.295. The molecule has 2 nitrogen and oxygen atoms in total. The first kappa shape index (κ1) is 12.4. The third-order valence-corrected chi connectivity index (χ3v) is 4.52. The molecule has 1 heterocycles. The van der Waals surface area contributed by atoms with Crippen molar-refractivity contribution in [3.8, 4) is 0 Å². The predicted molar refractivity (Wildman–Crippen MR) is 68.9 cm³/mol. The molecule has 18 heavy (non-hydrogen) atoms. The van der Waals surface area contributed by atoms with E-state index < -0.39 is 0 Å². The van der Waals surface area contributed by atoms with Crippen molar-refractivity contribution in [2.45, 2.75) is 25.5 Å². The van der Waals surface area contributed by atoms with E-state index in [-0.39, 0.29) is 16.9 Å². The summed E-state index contributed by atoms with van der Waals surface area (Å²) in [5.41, 5.74) is 0.669. The van der Waals surface area contributed by atoms with Gasteiger partial charge in [-0.05, 0) is 30.7 Å². The number of benzene rings is 1. The Bertz CT molecular complexity index is 439. The van der Waals surface area contributed by atoms with E-state index in [1.54, 1.807) is 18.2 Å². The van der Waals surface area contributed by atoms with Crippen LogP contribution in [0.25, 0.3) is 0 Å². The lowest BCUT2D eigenvalue weighted by Gasteiger charge is -2.18. The van der Waals surface area contributed by atoms with Crippen LogP contribution in [0.3, 0.4) is 0 Å². The van der Waals surface area contributed by atoms with Crippen molar-refractivity contribution in [1.29, 1.82) is 0 Å². The van der Waals surface area contributed by atoms with Gasteiger partial charge in [0, 0.05) is 25.2 Å². The molecule has 3 atom stereocenters. The van der Waals surface area contributed by atoms with E-state index in [2.05, 4.69) is 4.90 Å². The Morgan fingerprint density at radius 3 is 2.61 bits per heavy atom. The quantitative estimate of drug-likeness (QED) is 0.892. The van der Waals surface area contributed by atoms with Gasteiger partial charge in [0.25, 0.3) is 0 Å². The van der Waals surface area contributed by atoms with Crippen LogP contribution < -0.4 is 0 Å². The second-order valence-corrected chi connectivity index (χ2v) is 5.96. The number of aliphatic hydroxyl groups is 1. The van der Waals surface area contributed by atoms with Gasteiger partial charge in [0.15, 0.2) is 0 Å². The zero-order valence-corrected chi connectivity index (χ0v) is 10.9. The van der Waals surface area contributed by atoms with Gasteiger partial charge < -0.3 is 5.11 Å². The van der Waals surface area contributed by atoms with Crippen LogP contribution in [-0.4, -0.2) is 29.2 Å². The SMILES string of the molecule is OC1C[C@@H]2CN(Cc3cccc(Cl)c3F)C[C@@H]2C1. The number of halogens is 2. The summed E-state index contributed by atoms with van der Waals surface area (Å²) in [6.07, 6.45) is 1.68. The lowest BCUT2D eigenvalue weighted by atomic mass is 10.0. The molecule has 0 bridgehead atoms. The van der Waals surface area contributed by atoms with Crippen LogP contribution in [0.5, 0.6) is 0 Å². The molecule has 1 saturated heterocycles. The molecule has 1 aliphatic heterocycles. The summed E-state index contributed by atoms with van der Waals surface area (Å²) < 4.78 is 13.8. The molecule has 3 rings (SSSR count). The molecule has 2 fully saturated rings. The molecule has 2 aliphatic rings. The van der Waals surface area contributed by atoms with Crippen molar-refractivity contribution >= 4 is 11.6 Å². The molecule has 0 radical (unpaired) electrons. The molecule has 0 aromatic heterocycles. The van der Waals surface area contributed by atoms with E-state index in [0.717, 1.165) is 25.9 Å². The highest BCUT2D eigenvalue weighted by molar-refractivity contribution is 6.30. The molecule has 0 spiro atoms. The van der Waals surface area contributed by atoms with Crippen molar-refractivity contribution in [2.24, 2.45) is 11.8 Å². The second kappa shape index (κ2) is 4.80. The zero-order valence-electron chi connectivity index (χ0n) is 10.1. The molecule has 1 saturated carbocycles. The highest BCUT2D eigenvalue weighted by Crippen LogP contribution is 2.38. The van der Waals surface area contributed by atoms with E-state index in [9.17, 15) is 9.50 Å². The summed E-state index contributed by atoms with van der Waals surface area (Å²) in [4.78, 5) is 2.27. The van der Waals surface area contributed by atoms with Crippen LogP contribution in [0.15, 0.2) is 18.2 Å². The topological polar surface area (TPSA) is 23.5 Å². The van der Waals surface area contributed by atoms with Crippen LogP contribution in [-0.2, 0) is 6.54 Å². The Balaban J connectivity index is 1.67. The van der Waals surface area contributed by atoms with Crippen molar-refractivity contribution < 1.29 is 9.50 Å². The molecule has 0 amide bonds. The van der Waals surface area contributed by atoms with Crippen LogP contribution in [0.1, 0.15) is 18.4 Å². The Morgan fingerprint density at radius 1 is 1.28 bits per heavy atom. The van der Waals surface area contributed by atoms with E-state index in [0.29, 0.717) is 23.9 Å². The maximum atomic E-state index is 13.8. The number of fused-ring (bicyclic) bond motifs is 1. The summed E-state index contributed by atoms with van der Waals surface area (Å²) in [6, 6.07) is 5.17. The number of likely N-dealkylation sites (tertiary alicyclic amines) is 1. The molecule has 1 aliphatic carbocycles. The first-order valence-electron chi connectivity index (χ1n) is 6.47. The van der Waals surface area contributed by atoms with E-state index >= 15 is 0 Å². The largest absolute Gasteiger partial charge is 0.393 e. The Hall–Kier alpha value is -0.640. The van der Waals surface area contributed by atoms with Crippen LogP contribution >= 0.6 is 11.6 Å². The Labute approximate surface area is 111 Å². The normalized spacial score (nSPS) is 31.8. The first-order valence-corrected chi connectivity index (χ1v) is 6.84. The highest BCUT2D eigenvalue weighted by atomic mass is 35.5. The number of nitrogens with zero attached hydrogens (tertiary/aromatic N) is 1. The van der Waals surface area contributed by atoms with Gasteiger partial charge in [-0.15, -0.1) is 0 Å². The average molecular weight is 270 g/mol. The van der Waals surface area contributed by atoms with Crippen molar-refractivity contribution in [3.63, 3.8) is 0 Å². The number of hydrogen-bond donors (Lipinski definition) is 1. The Kier molecular flexibility index (Phi) is 3.31. The van der Waals surface area contributed by atoms with Gasteiger partial charge >= 0.3 is 0 Å². The Morgan fingerprint density at radius 2 is 1.94 bits per heavy atom. The van der Waals surface area contributed by atoms with Crippen LogP contribution in [0.4, 0.5) is 4.39 Å². The van der Waals surface area contributed by atoms with Gasteiger partial charge in [-0.2, -0.15) is 0 Å². The van der Waals surface area contributed by atoms with Crippen molar-refractivity contribution in [2.75, 3.05) is 13.1 Å². The summed E-state index contributed by atoms with van der Waals surface area (Å²) >= 11 is 5.79. The van der Waals surface area contributed by atoms with E-state index in [1.807, 2.05) is 0 Å². The van der Waals surface area contributed by atoms with Crippen molar-refractivity contribution in [1.82, 2.24) is 4.90 Å². The minimum absolute atomic E-state index is 0.120. The fourth-order valence-electron chi connectivity index (χ4n) is 3.41. The number of hydrogen-bond acceptors (Lipinski definition) is 2. The van der Waals surface area contributed by atoms with Gasteiger partial charge in [0.05, 0.1) is 11.1 Å². The third kappa shape index (κ3) is 2.27. The van der Waals surface area contributed by atoms with Crippen LogP contribution in [0, 0.1) is 17.7 Å². The maximum absolute atomic E-state index is 13.8. The smallest absolute Gasteiger partial charge is 0.146 e. The molecule has 1 unspecified atom stereocenters. The van der Waals surface area contributed by atoms with Gasteiger partial charge in [0.2, 0.25) is 0 Å². The standard InChI is InChI=1S/C14H17ClFNO/c15-13-3-1-2-9(14(13)16)6-17-7-10-4-12(18)5-11(10)8-17/h1-3,10-12,18H,4-8H2/t10-,11+,12?. The average Bonchev–Trinajstić information content (AvgIpc) is 2.81. The molecule has 1 aromatic carbocycles. The lowest BCUT2D eigenvalue weighted by Crippen LogP contribution is -2.23. The first-order chi connectivity index (χ1) is 8.63. The molecular weight excluding hydrogens is 253 g/mol. The maximum Gasteiger partial charge on any atom is 0.146 e.